The highest BCUT2D eigenvalue weighted by atomic mass is 32.1. The van der Waals surface area contributed by atoms with Crippen molar-refractivity contribution in [1.29, 1.82) is 0 Å². The zero-order chi connectivity index (χ0) is 19.5. The number of urea groups is 1. The molecule has 1 aliphatic heterocycles. The first-order chi connectivity index (χ1) is 13.7. The molecule has 2 amide bonds. The van der Waals surface area contributed by atoms with Crippen molar-refractivity contribution in [2.24, 2.45) is 0 Å². The lowest BCUT2D eigenvalue weighted by Gasteiger charge is -2.35. The summed E-state index contributed by atoms with van der Waals surface area (Å²) in [7, 11) is 3.22. The topological polar surface area (TPSA) is 50.8 Å². The van der Waals surface area contributed by atoms with Crippen LogP contribution in [0, 0.1) is 0 Å². The van der Waals surface area contributed by atoms with Gasteiger partial charge in [0.25, 0.3) is 0 Å². The summed E-state index contributed by atoms with van der Waals surface area (Å²) in [6, 6.07) is 11.9. The Hall–Kier alpha value is -2.51. The van der Waals surface area contributed by atoms with E-state index in [-0.39, 0.29) is 12.1 Å². The first kappa shape index (κ1) is 18.8. The number of nitrogens with one attached hydrogen (secondary N) is 1. The van der Waals surface area contributed by atoms with E-state index >= 15 is 0 Å². The molecular formula is C21H22N2O3S2. The van der Waals surface area contributed by atoms with Gasteiger partial charge in [-0.15, -0.1) is 22.7 Å². The van der Waals surface area contributed by atoms with Crippen LogP contribution in [-0.2, 0) is 13.0 Å². The fraction of sp³-hybridized carbons (Fsp3) is 0.286. The normalized spacial score (nSPS) is 15.8. The number of nitrogens with zero attached hydrogens (tertiary/aromatic N) is 1. The van der Waals surface area contributed by atoms with Gasteiger partial charge in [-0.2, -0.15) is 0 Å². The predicted molar refractivity (Wildman–Crippen MR) is 113 cm³/mol. The number of hydrogen-bond acceptors (Lipinski definition) is 5. The van der Waals surface area contributed by atoms with Crippen LogP contribution in [0.15, 0.2) is 47.2 Å². The zero-order valence-electron chi connectivity index (χ0n) is 15.8. The molecule has 5 nitrogen and oxygen atoms in total. The summed E-state index contributed by atoms with van der Waals surface area (Å²) in [5.74, 6) is 1.34. The molecule has 1 aromatic carbocycles. The van der Waals surface area contributed by atoms with Crippen LogP contribution in [0.5, 0.6) is 11.5 Å². The molecule has 3 aromatic rings. The third kappa shape index (κ3) is 3.59. The largest absolute Gasteiger partial charge is 0.493 e. The number of methoxy groups -OCH3 is 2. The number of hydrogen-bond donors (Lipinski definition) is 1. The van der Waals surface area contributed by atoms with E-state index in [2.05, 4.69) is 28.2 Å². The molecule has 2 aromatic heterocycles. The lowest BCUT2D eigenvalue weighted by molar-refractivity contribution is 0.181. The standard InChI is InChI=1S/C21H22N2O3S2/c1-25-16-6-5-14(12-17(16)26-2)13-22-21(24)23-9-7-18-15(8-11-28-18)20(23)19-4-3-10-27-19/h3-6,8,10-12,20H,7,9,13H2,1-2H3,(H,22,24). The lowest BCUT2D eigenvalue weighted by atomic mass is 9.99. The third-order valence-corrected chi connectivity index (χ3v) is 6.85. The smallest absolute Gasteiger partial charge is 0.318 e. The molecule has 0 radical (unpaired) electrons. The van der Waals surface area contributed by atoms with Crippen LogP contribution in [-0.4, -0.2) is 31.7 Å². The van der Waals surface area contributed by atoms with Crippen LogP contribution in [0.2, 0.25) is 0 Å². The van der Waals surface area contributed by atoms with E-state index in [1.54, 1.807) is 36.9 Å². The Morgan fingerprint density at radius 1 is 1.14 bits per heavy atom. The molecule has 0 fully saturated rings. The van der Waals surface area contributed by atoms with Gasteiger partial charge < -0.3 is 19.7 Å². The summed E-state index contributed by atoms with van der Waals surface area (Å²) < 4.78 is 10.6. The highest BCUT2D eigenvalue weighted by Gasteiger charge is 2.33. The number of carbonyl (C=O) groups is 1. The first-order valence-corrected chi connectivity index (χ1v) is 10.8. The van der Waals surface area contributed by atoms with Gasteiger partial charge in [-0.1, -0.05) is 12.1 Å². The van der Waals surface area contributed by atoms with Gasteiger partial charge in [-0.3, -0.25) is 0 Å². The van der Waals surface area contributed by atoms with Gasteiger partial charge in [-0.05, 0) is 52.6 Å². The summed E-state index contributed by atoms with van der Waals surface area (Å²) in [6.45, 7) is 1.15. The minimum atomic E-state index is -0.0509. The minimum absolute atomic E-state index is 0.0135. The van der Waals surface area contributed by atoms with E-state index in [4.69, 9.17) is 9.47 Å². The number of amides is 2. The maximum absolute atomic E-state index is 13.1. The van der Waals surface area contributed by atoms with E-state index in [0.717, 1.165) is 12.0 Å². The molecule has 0 saturated carbocycles. The fourth-order valence-electron chi connectivity index (χ4n) is 3.56. The van der Waals surface area contributed by atoms with Crippen molar-refractivity contribution in [3.63, 3.8) is 0 Å². The van der Waals surface area contributed by atoms with Gasteiger partial charge >= 0.3 is 6.03 Å². The van der Waals surface area contributed by atoms with Crippen molar-refractivity contribution >= 4 is 28.7 Å². The van der Waals surface area contributed by atoms with Crippen LogP contribution in [0.4, 0.5) is 4.79 Å². The number of benzene rings is 1. The molecule has 0 saturated heterocycles. The predicted octanol–water partition coefficient (Wildman–Crippen LogP) is 4.68. The fourth-order valence-corrected chi connectivity index (χ4v) is 5.32. The second kappa shape index (κ2) is 8.24. The van der Waals surface area contributed by atoms with Crippen LogP contribution < -0.4 is 14.8 Å². The third-order valence-electron chi connectivity index (χ3n) is 4.93. The van der Waals surface area contributed by atoms with Crippen molar-refractivity contribution < 1.29 is 14.3 Å². The molecule has 3 heterocycles. The van der Waals surface area contributed by atoms with Crippen LogP contribution in [0.25, 0.3) is 0 Å². The van der Waals surface area contributed by atoms with Gasteiger partial charge in [0.05, 0.1) is 20.3 Å². The van der Waals surface area contributed by atoms with E-state index in [1.165, 1.54) is 15.3 Å². The van der Waals surface area contributed by atoms with Gasteiger partial charge in [0, 0.05) is 22.8 Å². The molecule has 1 unspecified atom stereocenters. The average Bonchev–Trinajstić information content (AvgIpc) is 3.42. The van der Waals surface area contributed by atoms with Crippen LogP contribution in [0.1, 0.15) is 26.9 Å². The van der Waals surface area contributed by atoms with Crippen LogP contribution >= 0.6 is 22.7 Å². The summed E-state index contributed by atoms with van der Waals surface area (Å²) >= 11 is 3.47. The Bertz CT molecular complexity index is 952. The van der Waals surface area contributed by atoms with E-state index in [9.17, 15) is 4.79 Å². The molecule has 7 heteroatoms. The Labute approximate surface area is 172 Å². The summed E-state index contributed by atoms with van der Waals surface area (Å²) in [5.41, 5.74) is 2.21. The van der Waals surface area contributed by atoms with Crippen molar-refractivity contribution in [2.75, 3.05) is 20.8 Å². The Morgan fingerprint density at radius 2 is 2.00 bits per heavy atom. The van der Waals surface area contributed by atoms with Gasteiger partial charge in [-0.25, -0.2) is 4.79 Å². The van der Waals surface area contributed by atoms with Crippen LogP contribution in [0.3, 0.4) is 0 Å². The quantitative estimate of drug-likeness (QED) is 0.659. The van der Waals surface area contributed by atoms with Gasteiger partial charge in [0.1, 0.15) is 0 Å². The van der Waals surface area contributed by atoms with Crippen molar-refractivity contribution in [1.82, 2.24) is 10.2 Å². The second-order valence-corrected chi connectivity index (χ2v) is 8.49. The Morgan fingerprint density at radius 3 is 2.75 bits per heavy atom. The van der Waals surface area contributed by atoms with E-state index in [0.29, 0.717) is 24.6 Å². The molecule has 0 bridgehead atoms. The van der Waals surface area contributed by atoms with E-state index < -0.39 is 0 Å². The highest BCUT2D eigenvalue weighted by Crippen LogP contribution is 2.39. The Kier molecular flexibility index (Phi) is 5.54. The van der Waals surface area contributed by atoms with Crippen molar-refractivity contribution in [3.05, 3.63) is 68.0 Å². The first-order valence-electron chi connectivity index (χ1n) is 9.06. The molecule has 146 valence electrons. The lowest BCUT2D eigenvalue weighted by Crippen LogP contribution is -2.45. The molecular weight excluding hydrogens is 392 g/mol. The van der Waals surface area contributed by atoms with E-state index in [1.807, 2.05) is 29.2 Å². The average molecular weight is 415 g/mol. The highest BCUT2D eigenvalue weighted by molar-refractivity contribution is 7.10. The maximum atomic E-state index is 13.1. The Balaban J connectivity index is 1.51. The molecule has 0 aliphatic carbocycles. The molecule has 1 aliphatic rings. The zero-order valence-corrected chi connectivity index (χ0v) is 17.4. The molecule has 0 spiro atoms. The number of thiophene rings is 2. The minimum Gasteiger partial charge on any atom is -0.493 e. The SMILES string of the molecule is COc1ccc(CNC(=O)N2CCc3sccc3C2c2cccs2)cc1OC. The van der Waals surface area contributed by atoms with Gasteiger partial charge in [0.15, 0.2) is 11.5 Å². The molecule has 28 heavy (non-hydrogen) atoms. The molecule has 1 N–H and O–H groups in total. The number of rotatable bonds is 5. The second-order valence-electron chi connectivity index (χ2n) is 6.51. The number of fused-ring (bicyclic) bond motifs is 1. The number of ether oxygens (including phenoxy) is 2. The summed E-state index contributed by atoms with van der Waals surface area (Å²) in [4.78, 5) is 17.6. The molecule has 4 rings (SSSR count). The van der Waals surface area contributed by atoms with Crippen molar-refractivity contribution in [2.45, 2.75) is 19.0 Å². The number of carbonyl (C=O) groups excluding carboxylic acids is 1. The summed E-state index contributed by atoms with van der Waals surface area (Å²) in [6.07, 6.45) is 0.901. The van der Waals surface area contributed by atoms with Crippen molar-refractivity contribution in [3.8, 4) is 11.5 Å². The summed E-state index contributed by atoms with van der Waals surface area (Å²) in [5, 5.41) is 7.26. The molecule has 1 atom stereocenters. The van der Waals surface area contributed by atoms with Gasteiger partial charge in [0.2, 0.25) is 0 Å². The monoisotopic (exact) mass is 414 g/mol. The maximum Gasteiger partial charge on any atom is 0.318 e.